The van der Waals surface area contributed by atoms with Gasteiger partial charge in [-0.15, -0.1) is 0 Å². The van der Waals surface area contributed by atoms with Crippen LogP contribution >= 0.6 is 0 Å². The molecule has 0 saturated carbocycles. The van der Waals surface area contributed by atoms with Crippen molar-refractivity contribution in [3.8, 4) is 0 Å². The van der Waals surface area contributed by atoms with Crippen molar-refractivity contribution in [3.05, 3.63) is 29.6 Å². The molecule has 0 radical (unpaired) electrons. The molecule has 1 atom stereocenters. The zero-order valence-electron chi connectivity index (χ0n) is 12.0. The van der Waals surface area contributed by atoms with Crippen LogP contribution < -0.4 is 10.2 Å². The Balaban J connectivity index is 3.02. The fraction of sp³-hybridized carbons (Fsp3) is 0.600. The lowest BCUT2D eigenvalue weighted by Crippen LogP contribution is -2.30. The maximum atomic E-state index is 14.1. The van der Waals surface area contributed by atoms with Crippen molar-refractivity contribution in [2.75, 3.05) is 25.0 Å². The van der Waals surface area contributed by atoms with E-state index >= 15 is 0 Å². The summed E-state index contributed by atoms with van der Waals surface area (Å²) >= 11 is 0. The molecule has 0 aliphatic rings. The Bertz CT molecular complexity index is 366. The van der Waals surface area contributed by atoms with Crippen molar-refractivity contribution >= 4 is 5.69 Å². The summed E-state index contributed by atoms with van der Waals surface area (Å²) in [6.07, 6.45) is 1.12. The van der Waals surface area contributed by atoms with Crippen LogP contribution in [0.2, 0.25) is 0 Å². The quantitative estimate of drug-likeness (QED) is 0.800. The molecule has 2 nitrogen and oxygen atoms in total. The van der Waals surface area contributed by atoms with Gasteiger partial charge < -0.3 is 10.2 Å². The minimum atomic E-state index is -0.118. The summed E-state index contributed by atoms with van der Waals surface area (Å²) in [5.74, 6) is 0.458. The predicted octanol–water partition coefficient (Wildman–Crippen LogP) is 3.42. The van der Waals surface area contributed by atoms with Crippen LogP contribution in [-0.4, -0.2) is 20.1 Å². The molecule has 0 spiro atoms. The Hall–Kier alpha value is -1.09. The van der Waals surface area contributed by atoms with Crippen LogP contribution in [0.5, 0.6) is 0 Å². The summed E-state index contributed by atoms with van der Waals surface area (Å²) in [5, 5.41) is 3.10. The van der Waals surface area contributed by atoms with Gasteiger partial charge in [0.15, 0.2) is 0 Å². The third kappa shape index (κ3) is 3.70. The number of hydrogen-bond acceptors (Lipinski definition) is 2. The van der Waals surface area contributed by atoms with Crippen molar-refractivity contribution in [3.63, 3.8) is 0 Å². The molecule has 1 rings (SSSR count). The van der Waals surface area contributed by atoms with E-state index in [1.807, 2.05) is 13.1 Å². The highest BCUT2D eigenvalue weighted by atomic mass is 19.1. The van der Waals surface area contributed by atoms with E-state index in [0.717, 1.165) is 30.8 Å². The largest absolute Gasteiger partial charge is 0.369 e. The van der Waals surface area contributed by atoms with E-state index in [0.29, 0.717) is 12.5 Å². The maximum Gasteiger partial charge on any atom is 0.146 e. The third-order valence-electron chi connectivity index (χ3n) is 3.36. The first kappa shape index (κ1) is 15.0. The van der Waals surface area contributed by atoms with Gasteiger partial charge in [0, 0.05) is 19.6 Å². The average Bonchev–Trinajstić information content (AvgIpc) is 2.37. The lowest BCUT2D eigenvalue weighted by atomic mass is 10.1. The van der Waals surface area contributed by atoms with Gasteiger partial charge in [0.1, 0.15) is 5.82 Å². The molecule has 0 fully saturated rings. The first-order valence-electron chi connectivity index (χ1n) is 6.80. The monoisotopic (exact) mass is 252 g/mol. The van der Waals surface area contributed by atoms with Crippen molar-refractivity contribution in [1.29, 1.82) is 0 Å². The van der Waals surface area contributed by atoms with Gasteiger partial charge in [-0.3, -0.25) is 0 Å². The van der Waals surface area contributed by atoms with Gasteiger partial charge in [-0.25, -0.2) is 4.39 Å². The lowest BCUT2D eigenvalue weighted by molar-refractivity contribution is 0.536. The number of nitrogens with zero attached hydrogens (tertiary/aromatic N) is 1. The van der Waals surface area contributed by atoms with Gasteiger partial charge in [0.2, 0.25) is 0 Å². The van der Waals surface area contributed by atoms with Crippen molar-refractivity contribution in [2.24, 2.45) is 5.92 Å². The second-order valence-electron chi connectivity index (χ2n) is 4.83. The van der Waals surface area contributed by atoms with Gasteiger partial charge in [0.05, 0.1) is 5.69 Å². The van der Waals surface area contributed by atoms with E-state index in [4.69, 9.17) is 0 Å². The highest BCUT2D eigenvalue weighted by Gasteiger charge is 2.16. The fourth-order valence-electron chi connectivity index (χ4n) is 2.13. The molecule has 1 aromatic rings. The molecule has 102 valence electrons. The number of rotatable bonds is 7. The highest BCUT2D eigenvalue weighted by Crippen LogP contribution is 2.25. The van der Waals surface area contributed by atoms with E-state index in [9.17, 15) is 4.39 Å². The number of nitrogens with one attached hydrogen (secondary N) is 1. The van der Waals surface area contributed by atoms with Gasteiger partial charge in [0.25, 0.3) is 0 Å². The molecule has 0 amide bonds. The predicted molar refractivity (Wildman–Crippen MR) is 76.5 cm³/mol. The highest BCUT2D eigenvalue weighted by molar-refractivity contribution is 5.55. The number of para-hydroxylation sites is 1. The molecule has 0 bridgehead atoms. The molecule has 1 aromatic carbocycles. The second kappa shape index (κ2) is 7.37. The first-order chi connectivity index (χ1) is 8.63. The standard InChI is InChI=1S/C15H25FN2/c1-5-12(3)11-18(6-2)15-13(10-17-4)8-7-9-14(15)16/h7-9,12,17H,5-6,10-11H2,1-4H3. The summed E-state index contributed by atoms with van der Waals surface area (Å²) in [5.41, 5.74) is 1.79. The van der Waals surface area contributed by atoms with Crippen LogP contribution in [0.4, 0.5) is 10.1 Å². The lowest BCUT2D eigenvalue weighted by Gasteiger charge is -2.28. The molecule has 0 aliphatic carbocycles. The zero-order chi connectivity index (χ0) is 13.5. The summed E-state index contributed by atoms with van der Waals surface area (Å²) in [7, 11) is 1.89. The molecular weight excluding hydrogens is 227 g/mol. The maximum absolute atomic E-state index is 14.1. The van der Waals surface area contributed by atoms with E-state index in [-0.39, 0.29) is 5.82 Å². The van der Waals surface area contributed by atoms with Gasteiger partial charge >= 0.3 is 0 Å². The number of anilines is 1. The molecule has 1 unspecified atom stereocenters. The van der Waals surface area contributed by atoms with Crippen LogP contribution in [0.3, 0.4) is 0 Å². The Kier molecular flexibility index (Phi) is 6.13. The summed E-state index contributed by atoms with van der Waals surface area (Å²) in [6, 6.07) is 5.32. The topological polar surface area (TPSA) is 15.3 Å². The van der Waals surface area contributed by atoms with Crippen molar-refractivity contribution < 1.29 is 4.39 Å². The van der Waals surface area contributed by atoms with Crippen LogP contribution in [-0.2, 0) is 6.54 Å². The molecule has 3 heteroatoms. The Morgan fingerprint density at radius 2 is 2.06 bits per heavy atom. The molecule has 18 heavy (non-hydrogen) atoms. The van der Waals surface area contributed by atoms with Crippen molar-refractivity contribution in [1.82, 2.24) is 5.32 Å². The van der Waals surface area contributed by atoms with Crippen LogP contribution in [0.15, 0.2) is 18.2 Å². The smallest absolute Gasteiger partial charge is 0.146 e. The summed E-state index contributed by atoms with van der Waals surface area (Å²) < 4.78 is 14.1. The van der Waals surface area contributed by atoms with Crippen LogP contribution in [0.1, 0.15) is 32.8 Å². The normalized spacial score (nSPS) is 12.5. The van der Waals surface area contributed by atoms with Crippen molar-refractivity contribution in [2.45, 2.75) is 33.7 Å². The minimum Gasteiger partial charge on any atom is -0.369 e. The van der Waals surface area contributed by atoms with E-state index in [1.165, 1.54) is 0 Å². The molecule has 0 aliphatic heterocycles. The number of hydrogen-bond donors (Lipinski definition) is 1. The number of benzene rings is 1. The zero-order valence-corrected chi connectivity index (χ0v) is 12.0. The van der Waals surface area contributed by atoms with E-state index < -0.39 is 0 Å². The first-order valence-corrected chi connectivity index (χ1v) is 6.80. The molecule has 0 heterocycles. The third-order valence-corrected chi connectivity index (χ3v) is 3.36. The minimum absolute atomic E-state index is 0.118. The molecule has 0 aromatic heterocycles. The molecule has 1 N–H and O–H groups in total. The molecular formula is C15H25FN2. The fourth-order valence-corrected chi connectivity index (χ4v) is 2.13. The van der Waals surface area contributed by atoms with Gasteiger partial charge in [-0.05, 0) is 31.5 Å². The number of halogens is 1. The summed E-state index contributed by atoms with van der Waals surface area (Å²) in [4.78, 5) is 2.15. The van der Waals surface area contributed by atoms with Gasteiger partial charge in [-0.1, -0.05) is 32.4 Å². The molecule has 0 saturated heterocycles. The second-order valence-corrected chi connectivity index (χ2v) is 4.83. The van der Waals surface area contributed by atoms with Crippen LogP contribution in [0, 0.1) is 11.7 Å². The SMILES string of the molecule is CCC(C)CN(CC)c1c(F)cccc1CNC. The Morgan fingerprint density at radius 1 is 1.33 bits per heavy atom. The van der Waals surface area contributed by atoms with Crippen LogP contribution in [0.25, 0.3) is 0 Å². The van der Waals surface area contributed by atoms with Gasteiger partial charge in [-0.2, -0.15) is 0 Å². The average molecular weight is 252 g/mol. The van der Waals surface area contributed by atoms with E-state index in [1.54, 1.807) is 12.1 Å². The van der Waals surface area contributed by atoms with E-state index in [2.05, 4.69) is 31.0 Å². The Morgan fingerprint density at radius 3 is 2.61 bits per heavy atom. The summed E-state index contributed by atoms with van der Waals surface area (Å²) in [6.45, 7) is 8.91. The Labute approximate surface area is 110 Å².